The molecule has 14 heavy (non-hydrogen) atoms. The molecule has 0 amide bonds. The lowest BCUT2D eigenvalue weighted by atomic mass is 10.3. The number of hydrogen-bond donors (Lipinski definition) is 0. The van der Waals surface area contributed by atoms with Crippen molar-refractivity contribution in [2.24, 2.45) is 0 Å². The predicted octanol–water partition coefficient (Wildman–Crippen LogP) is -0.429. The molecule has 0 N–H and O–H groups in total. The Bertz CT molecular complexity index is 381. The molecule has 2 aliphatic rings. The molecule has 2 fully saturated rings. The summed E-state index contributed by atoms with van der Waals surface area (Å²) in [6.45, 7) is 0. The number of fused-ring (bicyclic) bond motifs is 1. The van der Waals surface area contributed by atoms with Gasteiger partial charge in [0.15, 0.2) is 0 Å². The van der Waals surface area contributed by atoms with E-state index >= 15 is 0 Å². The van der Waals surface area contributed by atoms with E-state index in [1.807, 2.05) is 0 Å². The van der Waals surface area contributed by atoms with Gasteiger partial charge in [0.2, 0.25) is 5.08 Å². The molecule has 0 aromatic rings. The number of rotatable bonds is 0. The number of hydrogen-bond acceptors (Lipinski definition) is 6. The van der Waals surface area contributed by atoms with E-state index in [0.29, 0.717) is 12.8 Å². The molecule has 6 nitrogen and oxygen atoms in total. The molecule has 0 aromatic carbocycles. The van der Waals surface area contributed by atoms with Gasteiger partial charge in [-0.15, -0.1) is 0 Å². The zero-order valence-corrected chi connectivity index (χ0v) is 8.88. The fourth-order valence-electron chi connectivity index (χ4n) is 1.72. The minimum absolute atomic E-state index is 0.527. The second-order valence-corrected chi connectivity index (χ2v) is 6.99. The van der Waals surface area contributed by atoms with Crippen LogP contribution >= 0.6 is 0 Å². The molecule has 2 atom stereocenters. The fourth-order valence-corrected chi connectivity index (χ4v) is 4.77. The molecular formula is C6H10O6S2. The van der Waals surface area contributed by atoms with Crippen LogP contribution in [0, 0.1) is 0 Å². The summed E-state index contributed by atoms with van der Waals surface area (Å²) in [5, 5.41) is -1.08. The van der Waals surface area contributed by atoms with Gasteiger partial charge in [-0.2, -0.15) is 16.8 Å². The normalized spacial score (nSPS) is 40.0. The summed E-state index contributed by atoms with van der Waals surface area (Å²) in [5.74, 6) is 0. The molecule has 1 aliphatic carbocycles. The molecule has 1 saturated carbocycles. The van der Waals surface area contributed by atoms with Crippen LogP contribution in [0.25, 0.3) is 0 Å². The predicted molar refractivity (Wildman–Crippen MR) is 46.3 cm³/mol. The lowest BCUT2D eigenvalue weighted by Gasteiger charge is -2.12. The van der Waals surface area contributed by atoms with Crippen molar-refractivity contribution in [2.75, 3.05) is 5.08 Å². The van der Waals surface area contributed by atoms with Crippen LogP contribution in [-0.2, 0) is 28.6 Å². The topological polar surface area (TPSA) is 86.7 Å². The van der Waals surface area contributed by atoms with Crippen LogP contribution in [0.15, 0.2) is 0 Å². The Morgan fingerprint density at radius 2 is 1.29 bits per heavy atom. The zero-order chi connectivity index (χ0) is 10.4. The molecule has 2 rings (SSSR count). The van der Waals surface area contributed by atoms with Gasteiger partial charge >= 0.3 is 0 Å². The van der Waals surface area contributed by atoms with Crippen molar-refractivity contribution < 1.29 is 25.2 Å². The van der Waals surface area contributed by atoms with Crippen LogP contribution in [0.5, 0.6) is 0 Å². The van der Waals surface area contributed by atoms with Crippen LogP contribution in [0.3, 0.4) is 0 Å². The maximum Gasteiger partial charge on any atom is 0.284 e. The van der Waals surface area contributed by atoms with Gasteiger partial charge in [-0.3, -0.25) is 8.37 Å². The average molecular weight is 242 g/mol. The van der Waals surface area contributed by atoms with Crippen molar-refractivity contribution in [1.29, 1.82) is 0 Å². The molecule has 0 aromatic heterocycles. The van der Waals surface area contributed by atoms with Gasteiger partial charge in [-0.25, -0.2) is 0 Å². The van der Waals surface area contributed by atoms with E-state index in [9.17, 15) is 16.8 Å². The average Bonchev–Trinajstić information content (AvgIpc) is 2.28. The lowest BCUT2D eigenvalue weighted by molar-refractivity contribution is 0.0950. The molecule has 1 heterocycles. The molecule has 0 radical (unpaired) electrons. The van der Waals surface area contributed by atoms with Gasteiger partial charge in [0.1, 0.15) is 12.2 Å². The Balaban J connectivity index is 2.36. The summed E-state index contributed by atoms with van der Waals surface area (Å²) >= 11 is 0. The highest BCUT2D eigenvalue weighted by Gasteiger charge is 2.41. The van der Waals surface area contributed by atoms with E-state index in [0.717, 1.165) is 6.42 Å². The minimum Gasteiger partial charge on any atom is -0.263 e. The molecule has 1 aliphatic heterocycles. The molecule has 1 saturated heterocycles. The standard InChI is InChI=1S/C6H10O6S2/c7-13(8)4-14(9,10)12-6-3-1-2-5(6)11-13/h5-6H,1-4H2. The molecule has 8 heteroatoms. The first-order chi connectivity index (χ1) is 6.38. The van der Waals surface area contributed by atoms with Gasteiger partial charge in [0, 0.05) is 0 Å². The third kappa shape index (κ3) is 2.08. The van der Waals surface area contributed by atoms with Gasteiger partial charge in [-0.1, -0.05) is 0 Å². The van der Waals surface area contributed by atoms with Crippen molar-refractivity contribution >= 4 is 20.2 Å². The summed E-state index contributed by atoms with van der Waals surface area (Å²) in [6.07, 6.45) is 0.522. The molecule has 0 spiro atoms. The van der Waals surface area contributed by atoms with Gasteiger partial charge < -0.3 is 0 Å². The summed E-state index contributed by atoms with van der Waals surface area (Å²) in [5.41, 5.74) is 0. The first kappa shape index (κ1) is 10.3. The van der Waals surface area contributed by atoms with Crippen LogP contribution in [0.4, 0.5) is 0 Å². The van der Waals surface area contributed by atoms with Crippen molar-refractivity contribution in [3.05, 3.63) is 0 Å². The Labute approximate surface area is 82.4 Å². The Morgan fingerprint density at radius 1 is 0.857 bits per heavy atom. The van der Waals surface area contributed by atoms with Crippen molar-refractivity contribution in [1.82, 2.24) is 0 Å². The molecular weight excluding hydrogens is 232 g/mol. The van der Waals surface area contributed by atoms with E-state index < -0.39 is 37.5 Å². The first-order valence-corrected chi connectivity index (χ1v) is 7.35. The maximum atomic E-state index is 11.1. The second kappa shape index (κ2) is 3.16. The van der Waals surface area contributed by atoms with Crippen molar-refractivity contribution in [3.8, 4) is 0 Å². The van der Waals surface area contributed by atoms with Crippen molar-refractivity contribution in [2.45, 2.75) is 31.5 Å². The Hall–Kier alpha value is -0.180. The fraction of sp³-hybridized carbons (Fsp3) is 1.00. The largest absolute Gasteiger partial charge is 0.284 e. The monoisotopic (exact) mass is 242 g/mol. The first-order valence-electron chi connectivity index (χ1n) is 4.20. The smallest absolute Gasteiger partial charge is 0.263 e. The Kier molecular flexibility index (Phi) is 2.33. The zero-order valence-electron chi connectivity index (χ0n) is 7.25. The van der Waals surface area contributed by atoms with E-state index in [2.05, 4.69) is 0 Å². The van der Waals surface area contributed by atoms with E-state index in [4.69, 9.17) is 8.37 Å². The SMILES string of the molecule is O=S1(=O)CS(=O)(=O)OC2CCCC2O1. The third-order valence-corrected chi connectivity index (χ3v) is 5.61. The summed E-state index contributed by atoms with van der Waals surface area (Å²) in [4.78, 5) is 0. The van der Waals surface area contributed by atoms with Gasteiger partial charge in [0.05, 0.1) is 0 Å². The molecule has 0 bridgehead atoms. The molecule has 2 unspecified atom stereocenters. The van der Waals surface area contributed by atoms with Gasteiger partial charge in [-0.05, 0) is 19.3 Å². The van der Waals surface area contributed by atoms with Gasteiger partial charge in [0.25, 0.3) is 20.2 Å². The third-order valence-electron chi connectivity index (χ3n) is 2.22. The van der Waals surface area contributed by atoms with Crippen molar-refractivity contribution in [3.63, 3.8) is 0 Å². The highest BCUT2D eigenvalue weighted by molar-refractivity contribution is 8.03. The summed E-state index contributed by atoms with van der Waals surface area (Å²) in [7, 11) is -7.99. The van der Waals surface area contributed by atoms with Crippen LogP contribution in [0.2, 0.25) is 0 Å². The minimum atomic E-state index is -3.99. The van der Waals surface area contributed by atoms with Crippen LogP contribution < -0.4 is 0 Å². The quantitative estimate of drug-likeness (QED) is 0.536. The van der Waals surface area contributed by atoms with Crippen LogP contribution in [0.1, 0.15) is 19.3 Å². The lowest BCUT2D eigenvalue weighted by Crippen LogP contribution is -2.25. The van der Waals surface area contributed by atoms with E-state index in [-0.39, 0.29) is 0 Å². The van der Waals surface area contributed by atoms with E-state index in [1.54, 1.807) is 0 Å². The Morgan fingerprint density at radius 3 is 1.71 bits per heavy atom. The molecule has 82 valence electrons. The summed E-state index contributed by atoms with van der Waals surface area (Å²) in [6, 6.07) is 0. The summed E-state index contributed by atoms with van der Waals surface area (Å²) < 4.78 is 54.0. The second-order valence-electron chi connectivity index (χ2n) is 3.43. The maximum absolute atomic E-state index is 11.1. The highest BCUT2D eigenvalue weighted by atomic mass is 32.3. The van der Waals surface area contributed by atoms with E-state index in [1.165, 1.54) is 0 Å². The van der Waals surface area contributed by atoms with Crippen LogP contribution in [-0.4, -0.2) is 34.1 Å². The highest BCUT2D eigenvalue weighted by Crippen LogP contribution is 2.30.